The number of rotatable bonds is 7. The van der Waals surface area contributed by atoms with E-state index in [2.05, 4.69) is 0 Å². The van der Waals surface area contributed by atoms with Crippen molar-refractivity contribution in [2.75, 3.05) is 6.61 Å². The third-order valence-corrected chi connectivity index (χ3v) is 2.76. The molecule has 0 rings (SSSR count). The van der Waals surface area contributed by atoms with E-state index in [1.807, 2.05) is 6.92 Å². The van der Waals surface area contributed by atoms with E-state index in [1.54, 1.807) is 13.8 Å². The van der Waals surface area contributed by atoms with Crippen molar-refractivity contribution in [1.29, 1.82) is 0 Å². The van der Waals surface area contributed by atoms with Gasteiger partial charge in [0.2, 0.25) is 0 Å². The van der Waals surface area contributed by atoms with Gasteiger partial charge in [-0.2, -0.15) is 0 Å². The van der Waals surface area contributed by atoms with Crippen LogP contribution in [0.15, 0.2) is 0 Å². The van der Waals surface area contributed by atoms with Gasteiger partial charge in [0.15, 0.2) is 0 Å². The normalized spacial score (nSPS) is 21.8. The summed E-state index contributed by atoms with van der Waals surface area (Å²) in [5.74, 6) is 0. The number of aliphatic hydroxyl groups excluding tert-OH is 2. The maximum absolute atomic E-state index is 9.75. The van der Waals surface area contributed by atoms with Gasteiger partial charge in [-0.3, -0.25) is 0 Å². The fraction of sp³-hybridized carbons (Fsp3) is 1.00. The zero-order valence-corrected chi connectivity index (χ0v) is 9.90. The molecule has 3 atom stereocenters. The molecule has 3 unspecified atom stereocenters. The summed E-state index contributed by atoms with van der Waals surface area (Å²) in [6, 6.07) is 0. The van der Waals surface area contributed by atoms with Crippen LogP contribution in [-0.4, -0.2) is 44.3 Å². The quantitative estimate of drug-likeness (QED) is 0.501. The molecular formula is C11H24O4. The van der Waals surface area contributed by atoms with Crippen molar-refractivity contribution in [2.24, 2.45) is 0 Å². The predicted octanol–water partition coefficient (Wildman–Crippen LogP) is 0.422. The molecule has 0 aliphatic rings. The molecule has 0 heterocycles. The summed E-state index contributed by atoms with van der Waals surface area (Å²) in [4.78, 5) is 0. The zero-order valence-electron chi connectivity index (χ0n) is 9.90. The minimum atomic E-state index is -1.07. The first kappa shape index (κ1) is 14.8. The maximum atomic E-state index is 9.75. The highest BCUT2D eigenvalue weighted by atomic mass is 16.3. The Balaban J connectivity index is 4.08. The third kappa shape index (κ3) is 6.84. The summed E-state index contributed by atoms with van der Waals surface area (Å²) < 4.78 is 0. The Labute approximate surface area is 91.6 Å². The molecule has 0 aromatic heterocycles. The summed E-state index contributed by atoms with van der Waals surface area (Å²) in [6.07, 6.45) is 0.459. The highest BCUT2D eigenvalue weighted by Gasteiger charge is 2.28. The van der Waals surface area contributed by atoms with Crippen molar-refractivity contribution in [3.63, 3.8) is 0 Å². The standard InChI is InChI=1S/C11H24O4/c1-4-10(2,14)7-9(13)8-11(3,15)5-6-12/h9,12-15H,4-8H2,1-3H3. The van der Waals surface area contributed by atoms with Crippen molar-refractivity contribution in [3.8, 4) is 0 Å². The molecule has 0 saturated heterocycles. The molecule has 15 heavy (non-hydrogen) atoms. The molecule has 4 nitrogen and oxygen atoms in total. The summed E-state index contributed by atoms with van der Waals surface area (Å²) in [6.45, 7) is 4.98. The second kappa shape index (κ2) is 5.80. The van der Waals surface area contributed by atoms with Crippen LogP contribution in [0.3, 0.4) is 0 Å². The lowest BCUT2D eigenvalue weighted by Gasteiger charge is -2.29. The average Bonchev–Trinajstić information content (AvgIpc) is 2.01. The van der Waals surface area contributed by atoms with Crippen LogP contribution in [0, 0.1) is 0 Å². The molecule has 0 amide bonds. The fourth-order valence-corrected chi connectivity index (χ4v) is 1.57. The van der Waals surface area contributed by atoms with Gasteiger partial charge in [0.25, 0.3) is 0 Å². The topological polar surface area (TPSA) is 80.9 Å². The molecule has 0 fully saturated rings. The smallest absolute Gasteiger partial charge is 0.0666 e. The molecule has 4 heteroatoms. The van der Waals surface area contributed by atoms with Crippen LogP contribution in [-0.2, 0) is 0 Å². The van der Waals surface area contributed by atoms with E-state index < -0.39 is 17.3 Å². The summed E-state index contributed by atoms with van der Waals surface area (Å²) in [7, 11) is 0. The highest BCUT2D eigenvalue weighted by molar-refractivity contribution is 4.81. The van der Waals surface area contributed by atoms with Gasteiger partial charge in [0.05, 0.1) is 17.3 Å². The first-order valence-corrected chi connectivity index (χ1v) is 5.46. The van der Waals surface area contributed by atoms with Gasteiger partial charge >= 0.3 is 0 Å². The SMILES string of the molecule is CCC(C)(O)CC(O)CC(C)(O)CCO. The van der Waals surface area contributed by atoms with Gasteiger partial charge in [-0.15, -0.1) is 0 Å². The first-order valence-electron chi connectivity index (χ1n) is 5.46. The summed E-state index contributed by atoms with van der Waals surface area (Å²) in [5.41, 5.74) is -1.97. The van der Waals surface area contributed by atoms with Gasteiger partial charge < -0.3 is 20.4 Å². The van der Waals surface area contributed by atoms with Gasteiger partial charge in [0.1, 0.15) is 0 Å². The Hall–Kier alpha value is -0.160. The lowest BCUT2D eigenvalue weighted by Crippen LogP contribution is -2.36. The largest absolute Gasteiger partial charge is 0.396 e. The molecule has 0 bridgehead atoms. The van der Waals surface area contributed by atoms with Gasteiger partial charge in [-0.05, 0) is 26.7 Å². The summed E-state index contributed by atoms with van der Waals surface area (Å²) >= 11 is 0. The Morgan fingerprint density at radius 2 is 1.53 bits per heavy atom. The van der Waals surface area contributed by atoms with Crippen LogP contribution in [0.25, 0.3) is 0 Å². The fourth-order valence-electron chi connectivity index (χ4n) is 1.57. The Bertz CT molecular complexity index is 177. The van der Waals surface area contributed by atoms with E-state index in [-0.39, 0.29) is 25.9 Å². The van der Waals surface area contributed by atoms with Crippen LogP contribution in [0.1, 0.15) is 46.5 Å². The van der Waals surface area contributed by atoms with E-state index in [9.17, 15) is 15.3 Å². The van der Waals surface area contributed by atoms with Crippen molar-refractivity contribution >= 4 is 0 Å². The van der Waals surface area contributed by atoms with Gasteiger partial charge in [0, 0.05) is 19.4 Å². The molecule has 0 aromatic carbocycles. The molecule has 0 aromatic rings. The minimum absolute atomic E-state index is 0.107. The molecule has 4 N–H and O–H groups in total. The van der Waals surface area contributed by atoms with Crippen LogP contribution >= 0.6 is 0 Å². The van der Waals surface area contributed by atoms with E-state index in [0.717, 1.165) is 0 Å². The highest BCUT2D eigenvalue weighted by Crippen LogP contribution is 2.23. The van der Waals surface area contributed by atoms with E-state index in [1.165, 1.54) is 0 Å². The zero-order chi connectivity index (χ0) is 12.1. The molecule has 0 spiro atoms. The second-order valence-corrected chi connectivity index (χ2v) is 4.88. The van der Waals surface area contributed by atoms with Crippen molar-refractivity contribution < 1.29 is 20.4 Å². The van der Waals surface area contributed by atoms with E-state index >= 15 is 0 Å². The molecular weight excluding hydrogens is 196 g/mol. The van der Waals surface area contributed by atoms with E-state index in [0.29, 0.717) is 6.42 Å². The molecule has 0 radical (unpaired) electrons. The van der Waals surface area contributed by atoms with Crippen LogP contribution in [0.5, 0.6) is 0 Å². The summed E-state index contributed by atoms with van der Waals surface area (Å²) in [5, 5.41) is 37.9. The maximum Gasteiger partial charge on any atom is 0.0666 e. The van der Waals surface area contributed by atoms with Crippen molar-refractivity contribution in [2.45, 2.75) is 63.8 Å². The van der Waals surface area contributed by atoms with Gasteiger partial charge in [-0.25, -0.2) is 0 Å². The minimum Gasteiger partial charge on any atom is -0.396 e. The molecule has 0 aliphatic carbocycles. The molecule has 0 aliphatic heterocycles. The Morgan fingerprint density at radius 1 is 1.07 bits per heavy atom. The number of aliphatic hydroxyl groups is 4. The van der Waals surface area contributed by atoms with Crippen LogP contribution in [0.2, 0.25) is 0 Å². The van der Waals surface area contributed by atoms with E-state index in [4.69, 9.17) is 5.11 Å². The van der Waals surface area contributed by atoms with Crippen molar-refractivity contribution in [1.82, 2.24) is 0 Å². The Kier molecular flexibility index (Phi) is 5.73. The predicted molar refractivity (Wildman–Crippen MR) is 58.5 cm³/mol. The van der Waals surface area contributed by atoms with Crippen LogP contribution < -0.4 is 0 Å². The van der Waals surface area contributed by atoms with Crippen molar-refractivity contribution in [3.05, 3.63) is 0 Å². The monoisotopic (exact) mass is 220 g/mol. The molecule has 92 valence electrons. The second-order valence-electron chi connectivity index (χ2n) is 4.88. The lowest BCUT2D eigenvalue weighted by atomic mass is 9.88. The first-order chi connectivity index (χ1) is 6.72. The third-order valence-electron chi connectivity index (χ3n) is 2.76. The lowest BCUT2D eigenvalue weighted by molar-refractivity contribution is -0.0467. The Morgan fingerprint density at radius 3 is 1.93 bits per heavy atom. The van der Waals surface area contributed by atoms with Crippen LogP contribution in [0.4, 0.5) is 0 Å². The number of hydrogen-bond acceptors (Lipinski definition) is 4. The average molecular weight is 220 g/mol. The number of hydrogen-bond donors (Lipinski definition) is 4. The van der Waals surface area contributed by atoms with Gasteiger partial charge in [-0.1, -0.05) is 6.92 Å². The molecule has 0 saturated carbocycles.